The number of aliphatic imine (C=N–C) groups is 1. The average Bonchev–Trinajstić information content (AvgIpc) is 3.11. The Morgan fingerprint density at radius 2 is 1.73 bits per heavy atom. The van der Waals surface area contributed by atoms with Gasteiger partial charge < -0.3 is 19.5 Å². The molecule has 0 saturated carbocycles. The van der Waals surface area contributed by atoms with E-state index in [1.54, 1.807) is 76.1 Å². The molecule has 2 amide bonds. The summed E-state index contributed by atoms with van der Waals surface area (Å²) in [6, 6.07) is 12.0. The van der Waals surface area contributed by atoms with Crippen LogP contribution in [0.25, 0.3) is 0 Å². The summed E-state index contributed by atoms with van der Waals surface area (Å²) >= 11 is 0. The van der Waals surface area contributed by atoms with E-state index >= 15 is 0 Å². The summed E-state index contributed by atoms with van der Waals surface area (Å²) in [5.41, 5.74) is 0.322. The molecule has 0 aliphatic carbocycles. The highest BCUT2D eigenvalue weighted by Gasteiger charge is 2.50. The Morgan fingerprint density at radius 1 is 1.03 bits per heavy atom. The van der Waals surface area contributed by atoms with Crippen molar-refractivity contribution in [2.24, 2.45) is 4.99 Å². The van der Waals surface area contributed by atoms with Crippen LogP contribution in [0.1, 0.15) is 22.8 Å². The third kappa shape index (κ3) is 4.07. The lowest BCUT2D eigenvalue weighted by Crippen LogP contribution is -2.55. The number of hydrogen-bond acceptors (Lipinski definition) is 6. The highest BCUT2D eigenvalue weighted by atomic mass is 16.5. The summed E-state index contributed by atoms with van der Waals surface area (Å²) in [6.45, 7) is 1.87. The number of allylic oxidation sites excluding steroid dienone is 2. The Hall–Kier alpha value is -4.07. The minimum atomic E-state index is -1.56. The Labute approximate surface area is 192 Å². The Kier molecular flexibility index (Phi) is 5.91. The zero-order valence-corrected chi connectivity index (χ0v) is 18.9. The van der Waals surface area contributed by atoms with Crippen LogP contribution in [0.15, 0.2) is 71.4 Å². The smallest absolute Gasteiger partial charge is 0.281 e. The number of amidine groups is 1. The van der Waals surface area contributed by atoms with Gasteiger partial charge in [0, 0.05) is 23.7 Å². The van der Waals surface area contributed by atoms with E-state index in [1.807, 2.05) is 13.0 Å². The molecule has 8 heteroatoms. The first-order valence-corrected chi connectivity index (χ1v) is 10.4. The molecule has 8 nitrogen and oxygen atoms in total. The second-order valence-electron chi connectivity index (χ2n) is 7.70. The van der Waals surface area contributed by atoms with Crippen LogP contribution in [0.4, 0.5) is 0 Å². The molecular formula is C25H25N3O5. The quantitative estimate of drug-likeness (QED) is 0.705. The van der Waals surface area contributed by atoms with Crippen molar-refractivity contribution in [3.63, 3.8) is 0 Å². The molecule has 1 atom stereocenters. The van der Waals surface area contributed by atoms with E-state index in [0.29, 0.717) is 34.2 Å². The number of methoxy groups -OCH3 is 3. The summed E-state index contributed by atoms with van der Waals surface area (Å²) < 4.78 is 16.0. The molecule has 33 heavy (non-hydrogen) atoms. The monoisotopic (exact) mass is 447 g/mol. The minimum Gasteiger partial charge on any atom is -0.497 e. The molecule has 0 bridgehead atoms. The molecule has 0 fully saturated rings. The highest BCUT2D eigenvalue weighted by Crippen LogP contribution is 2.34. The molecule has 2 aromatic carbocycles. The standard InChI is InChI=1S/C25H25N3O5/c1-16-6-5-13-28-22(16)26-25(24(28)30,15-18-14-20(32-3)11-12-21(18)33-4)27-23(29)17-7-9-19(31-2)10-8-17/h5-14H,15H2,1-4H3,(H,27,29)/t25-/m1/s1. The fourth-order valence-corrected chi connectivity index (χ4v) is 3.88. The van der Waals surface area contributed by atoms with E-state index in [9.17, 15) is 9.59 Å². The Balaban J connectivity index is 1.77. The Bertz CT molecular complexity index is 1180. The molecule has 0 radical (unpaired) electrons. The molecule has 0 aromatic heterocycles. The van der Waals surface area contributed by atoms with Gasteiger partial charge in [-0.15, -0.1) is 0 Å². The van der Waals surface area contributed by atoms with Crippen LogP contribution in [-0.4, -0.2) is 49.5 Å². The van der Waals surface area contributed by atoms with Crippen LogP contribution in [0.3, 0.4) is 0 Å². The molecule has 2 heterocycles. The summed E-state index contributed by atoms with van der Waals surface area (Å²) in [7, 11) is 4.67. The number of nitrogens with zero attached hydrogens (tertiary/aromatic N) is 2. The first-order chi connectivity index (χ1) is 15.9. The molecular weight excluding hydrogens is 422 g/mol. The van der Waals surface area contributed by atoms with Gasteiger partial charge in [0.05, 0.1) is 21.3 Å². The van der Waals surface area contributed by atoms with Crippen molar-refractivity contribution in [3.05, 3.63) is 77.5 Å². The van der Waals surface area contributed by atoms with E-state index in [1.165, 1.54) is 4.90 Å². The van der Waals surface area contributed by atoms with Crippen LogP contribution < -0.4 is 19.5 Å². The molecule has 2 aromatic rings. The van der Waals surface area contributed by atoms with Crippen molar-refractivity contribution in [2.75, 3.05) is 21.3 Å². The van der Waals surface area contributed by atoms with E-state index in [0.717, 1.165) is 5.57 Å². The molecule has 170 valence electrons. The van der Waals surface area contributed by atoms with Crippen LogP contribution in [0.5, 0.6) is 17.2 Å². The maximum absolute atomic E-state index is 13.7. The number of nitrogens with one attached hydrogen (secondary N) is 1. The van der Waals surface area contributed by atoms with E-state index in [2.05, 4.69) is 5.32 Å². The van der Waals surface area contributed by atoms with Crippen molar-refractivity contribution in [1.29, 1.82) is 0 Å². The molecule has 0 unspecified atom stereocenters. The van der Waals surface area contributed by atoms with Crippen molar-refractivity contribution in [2.45, 2.75) is 19.0 Å². The fraction of sp³-hybridized carbons (Fsp3) is 0.240. The van der Waals surface area contributed by atoms with Crippen LogP contribution in [0.2, 0.25) is 0 Å². The highest BCUT2D eigenvalue weighted by molar-refractivity contribution is 6.17. The van der Waals surface area contributed by atoms with Gasteiger partial charge in [-0.1, -0.05) is 6.08 Å². The minimum absolute atomic E-state index is 0.0786. The van der Waals surface area contributed by atoms with Gasteiger partial charge in [0.25, 0.3) is 11.8 Å². The molecule has 0 saturated heterocycles. The molecule has 1 N–H and O–H groups in total. The van der Waals surface area contributed by atoms with Gasteiger partial charge in [-0.2, -0.15) is 0 Å². The summed E-state index contributed by atoms with van der Waals surface area (Å²) in [5, 5.41) is 2.89. The van der Waals surface area contributed by atoms with Gasteiger partial charge in [-0.05, 0) is 61.0 Å². The first-order valence-electron chi connectivity index (χ1n) is 10.4. The van der Waals surface area contributed by atoms with Crippen LogP contribution in [0, 0.1) is 0 Å². The van der Waals surface area contributed by atoms with E-state index < -0.39 is 11.6 Å². The first kappa shape index (κ1) is 22.1. The lowest BCUT2D eigenvalue weighted by Gasteiger charge is -2.27. The molecule has 0 spiro atoms. The van der Waals surface area contributed by atoms with Crippen LogP contribution in [-0.2, 0) is 11.2 Å². The summed E-state index contributed by atoms with van der Waals surface area (Å²) in [5.74, 6) is 1.52. The van der Waals surface area contributed by atoms with Crippen molar-refractivity contribution in [3.8, 4) is 17.2 Å². The van der Waals surface area contributed by atoms with Gasteiger partial charge in [0.15, 0.2) is 0 Å². The van der Waals surface area contributed by atoms with Gasteiger partial charge >= 0.3 is 0 Å². The molecule has 2 aliphatic heterocycles. The number of carbonyl (C=O) groups is 2. The zero-order valence-electron chi connectivity index (χ0n) is 18.9. The molecule has 4 rings (SSSR count). The van der Waals surface area contributed by atoms with E-state index in [-0.39, 0.29) is 12.3 Å². The summed E-state index contributed by atoms with van der Waals surface area (Å²) in [6.07, 6.45) is 5.38. The second-order valence-corrected chi connectivity index (χ2v) is 7.70. The number of amides is 2. The number of ether oxygens (including phenoxy) is 3. The van der Waals surface area contributed by atoms with Crippen molar-refractivity contribution < 1.29 is 23.8 Å². The van der Waals surface area contributed by atoms with Crippen molar-refractivity contribution in [1.82, 2.24) is 10.2 Å². The third-order valence-corrected chi connectivity index (χ3v) is 5.64. The van der Waals surface area contributed by atoms with Gasteiger partial charge in [0.1, 0.15) is 23.1 Å². The van der Waals surface area contributed by atoms with Gasteiger partial charge in [0.2, 0.25) is 5.66 Å². The Morgan fingerprint density at radius 3 is 2.36 bits per heavy atom. The van der Waals surface area contributed by atoms with Gasteiger partial charge in [-0.25, -0.2) is 4.99 Å². The average molecular weight is 447 g/mol. The number of fused-ring (bicyclic) bond motifs is 1. The third-order valence-electron chi connectivity index (χ3n) is 5.64. The zero-order chi connectivity index (χ0) is 23.6. The van der Waals surface area contributed by atoms with Crippen molar-refractivity contribution >= 4 is 17.6 Å². The van der Waals surface area contributed by atoms with Crippen LogP contribution >= 0.6 is 0 Å². The molecule has 2 aliphatic rings. The second kappa shape index (κ2) is 8.82. The number of rotatable bonds is 7. The largest absolute Gasteiger partial charge is 0.497 e. The lowest BCUT2D eigenvalue weighted by molar-refractivity contribution is -0.130. The van der Waals surface area contributed by atoms with Gasteiger partial charge in [-0.3, -0.25) is 14.5 Å². The number of hydrogen-bond donors (Lipinski definition) is 1. The normalized spacial score (nSPS) is 18.9. The lowest BCUT2D eigenvalue weighted by atomic mass is 9.97. The topological polar surface area (TPSA) is 89.5 Å². The summed E-state index contributed by atoms with van der Waals surface area (Å²) in [4.78, 5) is 33.1. The predicted octanol–water partition coefficient (Wildman–Crippen LogP) is 3.10. The number of carbonyl (C=O) groups excluding carboxylic acids is 2. The maximum Gasteiger partial charge on any atom is 0.281 e. The SMILES string of the molecule is COc1ccc(C(=O)N[C@@]2(Cc3cc(OC)ccc3OC)N=C3C(C)=CC=CN3C2=O)cc1. The predicted molar refractivity (Wildman–Crippen MR) is 124 cm³/mol. The maximum atomic E-state index is 13.7. The van der Waals surface area contributed by atoms with E-state index in [4.69, 9.17) is 19.2 Å². The fourth-order valence-electron chi connectivity index (χ4n) is 3.88. The number of benzene rings is 2.